The second-order valence-electron chi connectivity index (χ2n) is 6.45. The highest BCUT2D eigenvalue weighted by molar-refractivity contribution is 6.06. The van der Waals surface area contributed by atoms with Gasteiger partial charge >= 0.3 is 0 Å². The van der Waals surface area contributed by atoms with E-state index in [1.807, 2.05) is 35.2 Å². The predicted molar refractivity (Wildman–Crippen MR) is 99.3 cm³/mol. The Bertz CT molecular complexity index is 907. The highest BCUT2D eigenvalue weighted by Gasteiger charge is 2.15. The van der Waals surface area contributed by atoms with E-state index in [-0.39, 0.29) is 0 Å². The maximum absolute atomic E-state index is 11.6. The van der Waals surface area contributed by atoms with Crippen LogP contribution in [0, 0.1) is 0 Å². The maximum atomic E-state index is 11.6. The molecular formula is C19H21N5O. The summed E-state index contributed by atoms with van der Waals surface area (Å²) in [5.74, 6) is 0.595. The van der Waals surface area contributed by atoms with E-state index in [1.165, 1.54) is 0 Å². The van der Waals surface area contributed by atoms with Crippen molar-refractivity contribution in [2.24, 2.45) is 5.73 Å². The fourth-order valence-electron chi connectivity index (χ4n) is 3.35. The number of rotatable bonds is 3. The number of likely N-dealkylation sites (N-methyl/N-ethyl adjacent to an activating group) is 1. The number of pyridine rings is 1. The van der Waals surface area contributed by atoms with Gasteiger partial charge in [0.2, 0.25) is 5.91 Å². The summed E-state index contributed by atoms with van der Waals surface area (Å²) in [5, 5.41) is 0.859. The summed E-state index contributed by atoms with van der Waals surface area (Å²) in [5.41, 5.74) is 7.93. The van der Waals surface area contributed by atoms with Crippen LogP contribution in [0.5, 0.6) is 0 Å². The molecule has 0 unspecified atom stereocenters. The lowest BCUT2D eigenvalue weighted by Gasteiger charge is -2.33. The Balaban J connectivity index is 1.65. The minimum absolute atomic E-state index is 0.410. The van der Waals surface area contributed by atoms with Crippen LogP contribution in [-0.2, 0) is 0 Å². The smallest absolute Gasteiger partial charge is 0.249 e. The van der Waals surface area contributed by atoms with Crippen LogP contribution in [-0.4, -0.2) is 53.6 Å². The third kappa shape index (κ3) is 2.85. The molecule has 3 heterocycles. The first-order chi connectivity index (χ1) is 12.1. The van der Waals surface area contributed by atoms with Crippen molar-refractivity contribution in [3.8, 4) is 5.69 Å². The predicted octanol–water partition coefficient (Wildman–Crippen LogP) is 1.88. The van der Waals surface area contributed by atoms with Crippen LogP contribution >= 0.6 is 0 Å². The summed E-state index contributed by atoms with van der Waals surface area (Å²) in [6.45, 7) is 4.11. The number of carbonyl (C=O) groups excluding carboxylic acids is 1. The average Bonchev–Trinajstić information content (AvgIpc) is 3.06. The number of amides is 1. The molecule has 1 fully saturated rings. The van der Waals surface area contributed by atoms with Gasteiger partial charge in [0.15, 0.2) is 0 Å². The zero-order valence-electron chi connectivity index (χ0n) is 14.2. The largest absolute Gasteiger partial charge is 0.366 e. The van der Waals surface area contributed by atoms with Crippen LogP contribution in [0.25, 0.3) is 16.6 Å². The van der Waals surface area contributed by atoms with Gasteiger partial charge in [-0.25, -0.2) is 4.98 Å². The lowest BCUT2D eigenvalue weighted by Crippen LogP contribution is -2.44. The monoisotopic (exact) mass is 335 g/mol. The SMILES string of the molecule is CN1CCN(c2ccc(-n3ccc4c(C(N)=O)cccc43)cn2)CC1. The number of aromatic nitrogens is 2. The minimum Gasteiger partial charge on any atom is -0.366 e. The molecule has 1 saturated heterocycles. The lowest BCUT2D eigenvalue weighted by molar-refractivity contribution is 0.100. The van der Waals surface area contributed by atoms with Gasteiger partial charge in [-0.2, -0.15) is 0 Å². The highest BCUT2D eigenvalue weighted by atomic mass is 16.1. The molecule has 0 atom stereocenters. The quantitative estimate of drug-likeness (QED) is 0.793. The van der Waals surface area contributed by atoms with Crippen LogP contribution in [0.4, 0.5) is 5.82 Å². The third-order valence-corrected chi connectivity index (χ3v) is 4.84. The van der Waals surface area contributed by atoms with Crippen molar-refractivity contribution in [3.63, 3.8) is 0 Å². The van der Waals surface area contributed by atoms with Gasteiger partial charge < -0.3 is 20.1 Å². The molecular weight excluding hydrogens is 314 g/mol. The first-order valence-electron chi connectivity index (χ1n) is 8.43. The zero-order valence-corrected chi connectivity index (χ0v) is 14.2. The number of nitrogens with two attached hydrogens (primary N) is 1. The summed E-state index contributed by atoms with van der Waals surface area (Å²) in [4.78, 5) is 20.9. The van der Waals surface area contributed by atoms with Crippen LogP contribution in [0.15, 0.2) is 48.8 Å². The van der Waals surface area contributed by atoms with E-state index in [2.05, 4.69) is 34.0 Å². The number of hydrogen-bond donors (Lipinski definition) is 1. The molecule has 1 aliphatic rings. The molecule has 4 rings (SSSR count). The normalized spacial score (nSPS) is 15.6. The van der Waals surface area contributed by atoms with Crippen molar-refractivity contribution in [2.75, 3.05) is 38.1 Å². The summed E-state index contributed by atoms with van der Waals surface area (Å²) >= 11 is 0. The molecule has 6 heteroatoms. The summed E-state index contributed by atoms with van der Waals surface area (Å²) in [6.07, 6.45) is 3.83. The minimum atomic E-state index is -0.410. The third-order valence-electron chi connectivity index (χ3n) is 4.84. The molecule has 0 radical (unpaired) electrons. The Morgan fingerprint density at radius 1 is 1.08 bits per heavy atom. The fraction of sp³-hybridized carbons (Fsp3) is 0.263. The standard InChI is InChI=1S/C19H21N5O/c1-22-9-11-23(12-10-22)18-6-5-14(13-21-18)24-8-7-15-16(19(20)25)3-2-4-17(15)24/h2-8,13H,9-12H2,1H3,(H2,20,25). The Labute approximate surface area is 146 Å². The van der Waals surface area contributed by atoms with Gasteiger partial charge in [-0.3, -0.25) is 4.79 Å². The van der Waals surface area contributed by atoms with Gasteiger partial charge in [-0.05, 0) is 37.4 Å². The second-order valence-corrected chi connectivity index (χ2v) is 6.45. The zero-order chi connectivity index (χ0) is 17.4. The molecule has 0 spiro atoms. The van der Waals surface area contributed by atoms with Crippen molar-refractivity contribution < 1.29 is 4.79 Å². The van der Waals surface area contributed by atoms with Crippen molar-refractivity contribution >= 4 is 22.6 Å². The van der Waals surface area contributed by atoms with Crippen LogP contribution < -0.4 is 10.6 Å². The van der Waals surface area contributed by atoms with Crippen molar-refractivity contribution in [1.82, 2.24) is 14.5 Å². The van der Waals surface area contributed by atoms with E-state index in [1.54, 1.807) is 6.07 Å². The number of primary amides is 1. The lowest BCUT2D eigenvalue weighted by atomic mass is 10.1. The second kappa shape index (κ2) is 6.22. The van der Waals surface area contributed by atoms with Crippen molar-refractivity contribution in [3.05, 3.63) is 54.4 Å². The molecule has 0 aliphatic carbocycles. The van der Waals surface area contributed by atoms with E-state index < -0.39 is 5.91 Å². The van der Waals surface area contributed by atoms with Crippen LogP contribution in [0.3, 0.4) is 0 Å². The molecule has 1 aliphatic heterocycles. The number of hydrogen-bond acceptors (Lipinski definition) is 4. The van der Waals surface area contributed by atoms with Gasteiger partial charge in [-0.15, -0.1) is 0 Å². The molecule has 2 aromatic heterocycles. The van der Waals surface area contributed by atoms with Gasteiger partial charge in [-0.1, -0.05) is 6.07 Å². The fourth-order valence-corrected chi connectivity index (χ4v) is 3.35. The van der Waals surface area contributed by atoms with Gasteiger partial charge in [0.1, 0.15) is 5.82 Å². The van der Waals surface area contributed by atoms with E-state index in [4.69, 9.17) is 5.73 Å². The van der Waals surface area contributed by atoms with E-state index in [9.17, 15) is 4.79 Å². The molecule has 0 saturated carbocycles. The maximum Gasteiger partial charge on any atom is 0.249 e. The van der Waals surface area contributed by atoms with Crippen molar-refractivity contribution in [1.29, 1.82) is 0 Å². The molecule has 3 aromatic rings. The Kier molecular flexibility index (Phi) is 3.89. The Morgan fingerprint density at radius 3 is 2.56 bits per heavy atom. The van der Waals surface area contributed by atoms with E-state index in [0.29, 0.717) is 5.56 Å². The number of carbonyl (C=O) groups is 1. The molecule has 1 aromatic carbocycles. The number of piperazine rings is 1. The van der Waals surface area contributed by atoms with E-state index in [0.717, 1.165) is 48.6 Å². The molecule has 1 amide bonds. The molecule has 0 bridgehead atoms. The van der Waals surface area contributed by atoms with E-state index >= 15 is 0 Å². The number of nitrogens with zero attached hydrogens (tertiary/aromatic N) is 4. The Morgan fingerprint density at radius 2 is 1.88 bits per heavy atom. The topological polar surface area (TPSA) is 67.4 Å². The van der Waals surface area contributed by atoms with Crippen molar-refractivity contribution in [2.45, 2.75) is 0 Å². The Hall–Kier alpha value is -2.86. The first-order valence-corrected chi connectivity index (χ1v) is 8.43. The molecule has 2 N–H and O–H groups in total. The molecule has 25 heavy (non-hydrogen) atoms. The summed E-state index contributed by atoms with van der Waals surface area (Å²) < 4.78 is 2.03. The summed E-state index contributed by atoms with van der Waals surface area (Å²) in [7, 11) is 2.14. The van der Waals surface area contributed by atoms with Crippen LogP contribution in [0.1, 0.15) is 10.4 Å². The average molecular weight is 335 g/mol. The van der Waals surface area contributed by atoms with Gasteiger partial charge in [0.25, 0.3) is 0 Å². The summed E-state index contributed by atoms with van der Waals surface area (Å²) in [6, 6.07) is 11.6. The van der Waals surface area contributed by atoms with Gasteiger partial charge in [0.05, 0.1) is 17.4 Å². The number of benzene rings is 1. The first kappa shape index (κ1) is 15.7. The van der Waals surface area contributed by atoms with Crippen LogP contribution in [0.2, 0.25) is 0 Å². The molecule has 6 nitrogen and oxygen atoms in total. The number of fused-ring (bicyclic) bond motifs is 1. The number of anilines is 1. The highest BCUT2D eigenvalue weighted by Crippen LogP contribution is 2.24. The molecule has 128 valence electrons. The van der Waals surface area contributed by atoms with Gasteiger partial charge in [0, 0.05) is 43.3 Å².